The summed E-state index contributed by atoms with van der Waals surface area (Å²) < 4.78 is 4.91. The van der Waals surface area contributed by atoms with Gasteiger partial charge in [0.15, 0.2) is 0 Å². The van der Waals surface area contributed by atoms with Crippen LogP contribution in [0.3, 0.4) is 0 Å². The lowest BCUT2D eigenvalue weighted by Gasteiger charge is -2.33. The van der Waals surface area contributed by atoms with Crippen molar-refractivity contribution in [3.05, 3.63) is 29.3 Å². The predicted molar refractivity (Wildman–Crippen MR) is 98.1 cm³/mol. The van der Waals surface area contributed by atoms with Crippen LogP contribution in [0.4, 0.5) is 10.5 Å². The normalized spacial score (nSPS) is 14.3. The SMILES string of the molecule is COCCCNC(=O)CN1CCN(C(=O)Nc2ccc(Cl)cc2)CC1=O. The van der Waals surface area contributed by atoms with Crippen molar-refractivity contribution in [3.8, 4) is 0 Å². The van der Waals surface area contributed by atoms with Crippen molar-refractivity contribution in [2.75, 3.05) is 51.8 Å². The zero-order valence-corrected chi connectivity index (χ0v) is 15.4. The molecule has 0 aliphatic carbocycles. The van der Waals surface area contributed by atoms with Crippen molar-refractivity contribution in [2.45, 2.75) is 6.42 Å². The smallest absolute Gasteiger partial charge is 0.322 e. The number of urea groups is 1. The summed E-state index contributed by atoms with van der Waals surface area (Å²) in [4.78, 5) is 39.2. The number of hydrogen-bond acceptors (Lipinski definition) is 4. The second-order valence-electron chi connectivity index (χ2n) is 5.87. The Morgan fingerprint density at radius 1 is 1.23 bits per heavy atom. The largest absolute Gasteiger partial charge is 0.385 e. The maximum Gasteiger partial charge on any atom is 0.322 e. The molecule has 0 saturated carbocycles. The number of anilines is 1. The molecule has 8 nitrogen and oxygen atoms in total. The molecule has 1 fully saturated rings. The number of nitrogens with zero attached hydrogens (tertiary/aromatic N) is 2. The molecule has 1 aromatic rings. The number of ether oxygens (including phenoxy) is 1. The molecular weight excluding hydrogens is 360 g/mol. The summed E-state index contributed by atoms with van der Waals surface area (Å²) in [7, 11) is 1.60. The number of amides is 4. The molecule has 2 N–H and O–H groups in total. The highest BCUT2D eigenvalue weighted by atomic mass is 35.5. The first kappa shape index (κ1) is 20.0. The fourth-order valence-corrected chi connectivity index (χ4v) is 2.58. The van der Waals surface area contributed by atoms with E-state index >= 15 is 0 Å². The van der Waals surface area contributed by atoms with Gasteiger partial charge in [0.05, 0.1) is 6.54 Å². The zero-order chi connectivity index (χ0) is 18.9. The molecule has 1 aromatic carbocycles. The minimum absolute atomic E-state index is 0.00153. The maximum absolute atomic E-state index is 12.2. The van der Waals surface area contributed by atoms with Gasteiger partial charge in [-0.2, -0.15) is 0 Å². The van der Waals surface area contributed by atoms with Crippen LogP contribution >= 0.6 is 11.6 Å². The number of methoxy groups -OCH3 is 1. The first-order chi connectivity index (χ1) is 12.5. The van der Waals surface area contributed by atoms with Crippen LogP contribution in [-0.2, 0) is 14.3 Å². The minimum Gasteiger partial charge on any atom is -0.385 e. The Morgan fingerprint density at radius 3 is 2.62 bits per heavy atom. The van der Waals surface area contributed by atoms with Gasteiger partial charge >= 0.3 is 6.03 Å². The molecule has 1 aliphatic heterocycles. The van der Waals surface area contributed by atoms with E-state index in [1.807, 2.05) is 0 Å². The lowest BCUT2D eigenvalue weighted by molar-refractivity contribution is -0.139. The highest BCUT2D eigenvalue weighted by molar-refractivity contribution is 6.30. The summed E-state index contributed by atoms with van der Waals surface area (Å²) in [6, 6.07) is 6.36. The van der Waals surface area contributed by atoms with Crippen LogP contribution in [0.1, 0.15) is 6.42 Å². The van der Waals surface area contributed by atoms with Crippen LogP contribution in [0, 0.1) is 0 Å². The molecular formula is C17H23ClN4O4. The highest BCUT2D eigenvalue weighted by Crippen LogP contribution is 2.14. The number of halogens is 1. The molecule has 142 valence electrons. The molecule has 0 atom stereocenters. The van der Waals surface area contributed by atoms with Crippen molar-refractivity contribution in [1.82, 2.24) is 15.1 Å². The molecule has 0 spiro atoms. The highest BCUT2D eigenvalue weighted by Gasteiger charge is 2.28. The number of carbonyl (C=O) groups excluding carboxylic acids is 3. The van der Waals surface area contributed by atoms with Crippen LogP contribution in [0.2, 0.25) is 5.02 Å². The maximum atomic E-state index is 12.2. The second kappa shape index (κ2) is 9.98. The van der Waals surface area contributed by atoms with E-state index < -0.39 is 0 Å². The van der Waals surface area contributed by atoms with E-state index in [-0.39, 0.29) is 30.9 Å². The Bertz CT molecular complexity index is 638. The third-order valence-corrected chi connectivity index (χ3v) is 4.14. The fourth-order valence-electron chi connectivity index (χ4n) is 2.46. The molecule has 4 amide bonds. The van der Waals surface area contributed by atoms with E-state index in [4.69, 9.17) is 16.3 Å². The summed E-state index contributed by atoms with van der Waals surface area (Å²) in [6.07, 6.45) is 0.717. The summed E-state index contributed by atoms with van der Waals surface area (Å²) >= 11 is 5.81. The molecule has 0 bridgehead atoms. The van der Waals surface area contributed by atoms with Gasteiger partial charge in [-0.1, -0.05) is 11.6 Å². The lowest BCUT2D eigenvalue weighted by Crippen LogP contribution is -2.55. The summed E-state index contributed by atoms with van der Waals surface area (Å²) in [5, 5.41) is 6.04. The fraction of sp³-hybridized carbons (Fsp3) is 0.471. The topological polar surface area (TPSA) is 91.0 Å². The molecule has 1 heterocycles. The van der Waals surface area contributed by atoms with Gasteiger partial charge in [0.1, 0.15) is 6.54 Å². The number of nitrogens with one attached hydrogen (secondary N) is 2. The van der Waals surface area contributed by atoms with Crippen LogP contribution in [-0.4, -0.2) is 74.1 Å². The molecule has 1 saturated heterocycles. The summed E-state index contributed by atoms with van der Waals surface area (Å²) in [5.41, 5.74) is 0.602. The predicted octanol–water partition coefficient (Wildman–Crippen LogP) is 1.17. The first-order valence-corrected chi connectivity index (χ1v) is 8.72. The van der Waals surface area contributed by atoms with Crippen LogP contribution in [0.25, 0.3) is 0 Å². The van der Waals surface area contributed by atoms with Gasteiger partial charge in [-0.25, -0.2) is 4.79 Å². The molecule has 26 heavy (non-hydrogen) atoms. The molecule has 9 heteroatoms. The zero-order valence-electron chi connectivity index (χ0n) is 14.7. The van der Waals surface area contributed by atoms with E-state index in [1.54, 1.807) is 31.4 Å². The average Bonchev–Trinajstić information content (AvgIpc) is 2.62. The molecule has 1 aliphatic rings. The quantitative estimate of drug-likeness (QED) is 0.692. The molecule has 0 unspecified atom stereocenters. The Hall–Kier alpha value is -2.32. The number of rotatable bonds is 7. The van der Waals surface area contributed by atoms with Gasteiger partial charge in [0, 0.05) is 44.1 Å². The van der Waals surface area contributed by atoms with Crippen LogP contribution in [0.15, 0.2) is 24.3 Å². The van der Waals surface area contributed by atoms with Gasteiger partial charge in [0.2, 0.25) is 11.8 Å². The van der Waals surface area contributed by atoms with E-state index in [9.17, 15) is 14.4 Å². The Balaban J connectivity index is 1.76. The van der Waals surface area contributed by atoms with Crippen molar-refractivity contribution < 1.29 is 19.1 Å². The van der Waals surface area contributed by atoms with Crippen molar-refractivity contribution in [3.63, 3.8) is 0 Å². The average molecular weight is 383 g/mol. The monoisotopic (exact) mass is 382 g/mol. The van der Waals surface area contributed by atoms with Crippen molar-refractivity contribution in [1.29, 1.82) is 0 Å². The van der Waals surface area contributed by atoms with Crippen molar-refractivity contribution >= 4 is 35.1 Å². The molecule has 2 rings (SSSR count). The molecule has 0 aromatic heterocycles. The van der Waals surface area contributed by atoms with Gasteiger partial charge in [-0.05, 0) is 30.7 Å². The van der Waals surface area contributed by atoms with E-state index in [2.05, 4.69) is 10.6 Å². The van der Waals surface area contributed by atoms with Crippen molar-refractivity contribution in [2.24, 2.45) is 0 Å². The third-order valence-electron chi connectivity index (χ3n) is 3.88. The van der Waals surface area contributed by atoms with Gasteiger partial charge in [-0.15, -0.1) is 0 Å². The van der Waals surface area contributed by atoms with Crippen LogP contribution in [0.5, 0.6) is 0 Å². The Morgan fingerprint density at radius 2 is 1.96 bits per heavy atom. The van der Waals surface area contributed by atoms with E-state index in [0.29, 0.717) is 37.0 Å². The second-order valence-corrected chi connectivity index (χ2v) is 6.31. The Kier molecular flexibility index (Phi) is 7.68. The van der Waals surface area contributed by atoms with Crippen LogP contribution < -0.4 is 10.6 Å². The third kappa shape index (κ3) is 6.20. The summed E-state index contributed by atoms with van der Waals surface area (Å²) in [5.74, 6) is -0.469. The first-order valence-electron chi connectivity index (χ1n) is 8.34. The van der Waals surface area contributed by atoms with E-state index in [1.165, 1.54) is 9.80 Å². The minimum atomic E-state index is -0.357. The Labute approximate surface area is 157 Å². The lowest BCUT2D eigenvalue weighted by atomic mass is 10.3. The van der Waals surface area contributed by atoms with Gasteiger partial charge in [-0.3, -0.25) is 9.59 Å². The van der Waals surface area contributed by atoms with Gasteiger partial charge < -0.3 is 25.2 Å². The number of hydrogen-bond donors (Lipinski definition) is 2. The number of piperazine rings is 1. The number of carbonyl (C=O) groups is 3. The van der Waals surface area contributed by atoms with E-state index in [0.717, 1.165) is 6.42 Å². The standard InChI is InChI=1S/C17H23ClN4O4/c1-26-10-2-7-19-15(23)11-21-8-9-22(12-16(21)24)17(25)20-14-5-3-13(18)4-6-14/h3-6H,2,7-12H2,1H3,(H,19,23)(H,20,25). The summed E-state index contributed by atoms with van der Waals surface area (Å²) in [6.45, 7) is 1.69. The van der Waals surface area contributed by atoms with Gasteiger partial charge in [0.25, 0.3) is 0 Å². The molecule has 0 radical (unpaired) electrons. The number of benzene rings is 1.